The van der Waals surface area contributed by atoms with E-state index in [4.69, 9.17) is 4.74 Å². The third kappa shape index (κ3) is 29.4. The van der Waals surface area contributed by atoms with Gasteiger partial charge in [0.15, 0.2) is 0 Å². The molecule has 0 aliphatic rings. The van der Waals surface area contributed by atoms with Crippen LogP contribution in [0, 0.1) is 5.92 Å². The average molecular weight is 443 g/mol. The summed E-state index contributed by atoms with van der Waals surface area (Å²) in [4.78, 5) is 11.4. The molecule has 0 amide bonds. The van der Waals surface area contributed by atoms with E-state index in [-0.39, 0.29) is 5.97 Å². The van der Waals surface area contributed by atoms with Crippen molar-refractivity contribution in [3.63, 3.8) is 0 Å². The number of ether oxygens (including phenoxy) is 1. The van der Waals surface area contributed by atoms with Crippen molar-refractivity contribution in [3.05, 3.63) is 0 Å². The number of esters is 1. The maximum atomic E-state index is 11.4. The zero-order valence-corrected chi connectivity index (χ0v) is 22.0. The summed E-state index contributed by atoms with van der Waals surface area (Å²) in [6.45, 7) is 12.6. The van der Waals surface area contributed by atoms with Gasteiger partial charge in [0.2, 0.25) is 0 Å². The third-order valence-corrected chi connectivity index (χ3v) is 5.80. The van der Waals surface area contributed by atoms with E-state index in [1.165, 1.54) is 70.6 Å². The van der Waals surface area contributed by atoms with Crippen LogP contribution in [-0.4, -0.2) is 39.3 Å². The Hall–Kier alpha value is -0.610. The normalized spacial score (nSPS) is 11.6. The lowest BCUT2D eigenvalue weighted by atomic mass is 9.96. The molecule has 0 saturated heterocycles. The van der Waals surface area contributed by atoms with Crippen molar-refractivity contribution < 1.29 is 9.53 Å². The number of nitrogens with one attached hydrogen (secondary N) is 2. The first-order chi connectivity index (χ1) is 15.2. The highest BCUT2D eigenvalue weighted by Crippen LogP contribution is 2.14. The van der Waals surface area contributed by atoms with Crippen LogP contribution in [0.3, 0.4) is 0 Å². The summed E-state index contributed by atoms with van der Waals surface area (Å²) in [5.41, 5.74) is 0. The Morgan fingerprint density at radius 2 is 1.29 bits per heavy atom. The van der Waals surface area contributed by atoms with Gasteiger partial charge in [0.05, 0.1) is 6.61 Å². The van der Waals surface area contributed by atoms with Crippen LogP contribution in [-0.2, 0) is 9.53 Å². The Morgan fingerprint density at radius 3 is 1.87 bits per heavy atom. The molecule has 0 fully saturated rings. The van der Waals surface area contributed by atoms with Crippen LogP contribution < -0.4 is 10.6 Å². The van der Waals surface area contributed by atoms with Crippen molar-refractivity contribution in [3.8, 4) is 0 Å². The lowest BCUT2D eigenvalue weighted by molar-refractivity contribution is -0.143. The molecule has 0 aliphatic carbocycles. The van der Waals surface area contributed by atoms with E-state index in [9.17, 15) is 4.79 Å². The van der Waals surface area contributed by atoms with Crippen molar-refractivity contribution in [2.45, 2.75) is 130 Å². The molecule has 0 aromatic carbocycles. The van der Waals surface area contributed by atoms with E-state index >= 15 is 0 Å². The Bertz CT molecular complexity index is 331. The van der Waals surface area contributed by atoms with Gasteiger partial charge in [0, 0.05) is 6.42 Å². The highest BCUT2D eigenvalue weighted by atomic mass is 16.5. The van der Waals surface area contributed by atoms with Crippen LogP contribution in [0.4, 0.5) is 0 Å². The predicted molar refractivity (Wildman–Crippen MR) is 138 cm³/mol. The second-order valence-corrected chi connectivity index (χ2v) is 8.86. The van der Waals surface area contributed by atoms with Crippen molar-refractivity contribution in [2.24, 2.45) is 5.92 Å². The zero-order chi connectivity index (χ0) is 23.4. The van der Waals surface area contributed by atoms with Crippen LogP contribution in [0.25, 0.3) is 0 Å². The molecule has 0 bridgehead atoms. The number of unbranched alkanes of at least 4 members (excludes halogenated alkanes) is 8. The number of rotatable bonds is 22. The summed E-state index contributed by atoms with van der Waals surface area (Å²) >= 11 is 0. The number of hydrogen-bond donors (Lipinski definition) is 2. The summed E-state index contributed by atoms with van der Waals surface area (Å²) < 4.78 is 5.21. The Morgan fingerprint density at radius 1 is 0.710 bits per heavy atom. The van der Waals surface area contributed by atoms with Gasteiger partial charge in [0.25, 0.3) is 0 Å². The molecule has 1 unspecified atom stereocenters. The van der Waals surface area contributed by atoms with Gasteiger partial charge >= 0.3 is 5.97 Å². The predicted octanol–water partition coefficient (Wildman–Crippen LogP) is 7.26. The smallest absolute Gasteiger partial charge is 0.305 e. The lowest BCUT2D eigenvalue weighted by Gasteiger charge is -2.14. The fourth-order valence-corrected chi connectivity index (χ4v) is 3.55. The molecule has 0 aliphatic heterocycles. The van der Waals surface area contributed by atoms with Gasteiger partial charge in [-0.15, -0.1) is 0 Å². The largest absolute Gasteiger partial charge is 0.466 e. The first-order valence-electron chi connectivity index (χ1n) is 13.7. The maximum absolute atomic E-state index is 11.4. The minimum absolute atomic E-state index is 0.0382. The summed E-state index contributed by atoms with van der Waals surface area (Å²) in [5.74, 6) is 0.807. The van der Waals surface area contributed by atoms with Crippen LogP contribution >= 0.6 is 0 Å². The molecule has 0 aromatic rings. The van der Waals surface area contributed by atoms with Gasteiger partial charge in [-0.05, 0) is 64.7 Å². The third-order valence-electron chi connectivity index (χ3n) is 5.80. The molecule has 1 atom stereocenters. The van der Waals surface area contributed by atoms with Crippen LogP contribution in [0.2, 0.25) is 0 Å². The summed E-state index contributed by atoms with van der Waals surface area (Å²) in [5, 5.41) is 6.67. The Labute approximate surface area is 196 Å². The Kier molecular flexibility index (Phi) is 30.9. The van der Waals surface area contributed by atoms with Crippen molar-refractivity contribution in [1.29, 1.82) is 0 Å². The molecule has 0 rings (SSSR count). The fraction of sp³-hybridized carbons (Fsp3) is 0.963. The SMILES string of the molecule is CCCCCC(=O)OCCCNCCCC(CC)CCNC.CCCCCCCCC. The van der Waals surface area contributed by atoms with Gasteiger partial charge in [-0.1, -0.05) is 91.9 Å². The second kappa shape index (κ2) is 29.4. The quantitative estimate of drug-likeness (QED) is 0.137. The number of carbonyl (C=O) groups excluding carboxylic acids is 1. The monoisotopic (exact) mass is 442 g/mol. The zero-order valence-electron chi connectivity index (χ0n) is 22.0. The van der Waals surface area contributed by atoms with Crippen LogP contribution in [0.5, 0.6) is 0 Å². The molecular formula is C27H58N2O2. The van der Waals surface area contributed by atoms with E-state index in [1.807, 2.05) is 7.05 Å². The first-order valence-corrected chi connectivity index (χ1v) is 13.7. The maximum Gasteiger partial charge on any atom is 0.305 e. The molecule has 0 aromatic heterocycles. The lowest BCUT2D eigenvalue weighted by Crippen LogP contribution is -2.20. The molecule has 0 saturated carbocycles. The molecular weight excluding hydrogens is 384 g/mol. The second-order valence-electron chi connectivity index (χ2n) is 8.86. The summed E-state index contributed by atoms with van der Waals surface area (Å²) in [7, 11) is 2.02. The molecule has 4 heteroatoms. The minimum atomic E-state index is -0.0382. The van der Waals surface area contributed by atoms with Gasteiger partial charge < -0.3 is 15.4 Å². The van der Waals surface area contributed by atoms with E-state index in [0.29, 0.717) is 13.0 Å². The van der Waals surface area contributed by atoms with Gasteiger partial charge in [0.1, 0.15) is 0 Å². The molecule has 188 valence electrons. The molecule has 4 nitrogen and oxygen atoms in total. The molecule has 2 N–H and O–H groups in total. The van der Waals surface area contributed by atoms with Gasteiger partial charge in [-0.25, -0.2) is 0 Å². The van der Waals surface area contributed by atoms with E-state index in [2.05, 4.69) is 38.3 Å². The molecule has 0 radical (unpaired) electrons. The first kappa shape index (κ1) is 32.6. The molecule has 0 heterocycles. The number of hydrogen-bond acceptors (Lipinski definition) is 4. The standard InChI is InChI=1S/C18H38N2O2.C9H20/c1-4-6-7-11-18(21)22-16-9-14-20-13-8-10-17(5-2)12-15-19-3;1-3-5-7-9-8-6-4-2/h17,19-20H,4-16H2,1-3H3;3-9H2,1-2H3. The fourth-order valence-electron chi connectivity index (χ4n) is 3.55. The van der Waals surface area contributed by atoms with Crippen LogP contribution in [0.15, 0.2) is 0 Å². The van der Waals surface area contributed by atoms with Gasteiger partial charge in [-0.3, -0.25) is 4.79 Å². The van der Waals surface area contributed by atoms with Gasteiger partial charge in [-0.2, -0.15) is 0 Å². The van der Waals surface area contributed by atoms with Crippen molar-refractivity contribution in [2.75, 3.05) is 33.3 Å². The van der Waals surface area contributed by atoms with E-state index in [1.54, 1.807) is 0 Å². The topological polar surface area (TPSA) is 50.4 Å². The highest BCUT2D eigenvalue weighted by Gasteiger charge is 2.05. The van der Waals surface area contributed by atoms with E-state index < -0.39 is 0 Å². The van der Waals surface area contributed by atoms with Crippen LogP contribution in [0.1, 0.15) is 130 Å². The Balaban J connectivity index is 0. The van der Waals surface area contributed by atoms with E-state index in [0.717, 1.165) is 51.2 Å². The van der Waals surface area contributed by atoms with Crippen molar-refractivity contribution in [1.82, 2.24) is 10.6 Å². The minimum Gasteiger partial charge on any atom is -0.466 e. The summed E-state index contributed by atoms with van der Waals surface area (Å²) in [6.07, 6.45) is 19.8. The average Bonchev–Trinajstić information content (AvgIpc) is 2.78. The number of carbonyl (C=O) groups is 1. The highest BCUT2D eigenvalue weighted by molar-refractivity contribution is 5.69. The molecule has 31 heavy (non-hydrogen) atoms. The summed E-state index contributed by atoms with van der Waals surface area (Å²) in [6, 6.07) is 0. The van der Waals surface area contributed by atoms with Crippen molar-refractivity contribution >= 4 is 5.97 Å². The molecule has 0 spiro atoms.